The number of fused-ring (bicyclic) bond motifs is 2. The van der Waals surface area contributed by atoms with Crippen LogP contribution in [0, 0.1) is 0 Å². The standard InChI is InChI=1S/C18H12S2/c1-3-7-17-15(5-1)13(11-19-17)9-10-14-12-20-18-8-4-2-6-16(14)18/h1-12H. The van der Waals surface area contributed by atoms with Gasteiger partial charge >= 0.3 is 0 Å². The molecule has 2 aromatic carbocycles. The summed E-state index contributed by atoms with van der Waals surface area (Å²) in [7, 11) is 0. The minimum absolute atomic E-state index is 1.31. The zero-order chi connectivity index (χ0) is 13.4. The van der Waals surface area contributed by atoms with Crippen LogP contribution in [0.5, 0.6) is 0 Å². The molecule has 0 nitrogen and oxygen atoms in total. The van der Waals surface area contributed by atoms with Crippen LogP contribution in [-0.2, 0) is 0 Å². The smallest absolute Gasteiger partial charge is 0.0348 e. The normalized spacial score (nSPS) is 11.8. The maximum absolute atomic E-state index is 2.23. The summed E-state index contributed by atoms with van der Waals surface area (Å²) in [5, 5.41) is 7.15. The minimum atomic E-state index is 1.31. The Labute approximate surface area is 125 Å². The second-order valence-corrected chi connectivity index (χ2v) is 6.53. The number of benzene rings is 2. The van der Waals surface area contributed by atoms with E-state index in [9.17, 15) is 0 Å². The summed E-state index contributed by atoms with van der Waals surface area (Å²) in [6.07, 6.45) is 4.46. The molecule has 2 aromatic heterocycles. The maximum Gasteiger partial charge on any atom is 0.0348 e. The Morgan fingerprint density at radius 3 is 1.55 bits per heavy atom. The van der Waals surface area contributed by atoms with Crippen molar-refractivity contribution < 1.29 is 0 Å². The average molecular weight is 292 g/mol. The zero-order valence-electron chi connectivity index (χ0n) is 10.7. The minimum Gasteiger partial charge on any atom is -0.143 e. The third-order valence-corrected chi connectivity index (χ3v) is 5.43. The number of rotatable bonds is 2. The lowest BCUT2D eigenvalue weighted by Gasteiger charge is -1.93. The molecule has 4 rings (SSSR count). The Morgan fingerprint density at radius 1 is 0.600 bits per heavy atom. The van der Waals surface area contributed by atoms with Crippen LogP contribution in [0.15, 0.2) is 59.3 Å². The van der Waals surface area contributed by atoms with Gasteiger partial charge in [0.1, 0.15) is 0 Å². The van der Waals surface area contributed by atoms with E-state index in [0.29, 0.717) is 0 Å². The first kappa shape index (κ1) is 11.9. The molecule has 0 aliphatic heterocycles. The molecular weight excluding hydrogens is 280 g/mol. The van der Waals surface area contributed by atoms with E-state index in [-0.39, 0.29) is 0 Å². The van der Waals surface area contributed by atoms with E-state index < -0.39 is 0 Å². The summed E-state index contributed by atoms with van der Waals surface area (Å²) in [6.45, 7) is 0. The molecule has 20 heavy (non-hydrogen) atoms. The summed E-state index contributed by atoms with van der Waals surface area (Å²) in [5.41, 5.74) is 2.61. The van der Waals surface area contributed by atoms with Crippen LogP contribution in [0.25, 0.3) is 32.3 Å². The lowest BCUT2D eigenvalue weighted by Crippen LogP contribution is -1.69. The summed E-state index contributed by atoms with van der Waals surface area (Å²) in [4.78, 5) is 0. The zero-order valence-corrected chi connectivity index (χ0v) is 12.4. The molecule has 0 spiro atoms. The molecule has 4 aromatic rings. The molecule has 96 valence electrons. The van der Waals surface area contributed by atoms with Crippen LogP contribution in [0.1, 0.15) is 11.1 Å². The molecule has 0 radical (unpaired) electrons. The highest BCUT2D eigenvalue weighted by Crippen LogP contribution is 2.30. The Hall–Kier alpha value is -1.90. The third-order valence-electron chi connectivity index (χ3n) is 3.46. The average Bonchev–Trinajstić information content (AvgIpc) is 3.09. The largest absolute Gasteiger partial charge is 0.143 e. The fraction of sp³-hybridized carbons (Fsp3) is 0. The molecule has 2 heterocycles. The van der Waals surface area contributed by atoms with Crippen LogP contribution in [0.2, 0.25) is 0 Å². The van der Waals surface area contributed by atoms with Gasteiger partial charge in [-0.15, -0.1) is 22.7 Å². The van der Waals surface area contributed by atoms with Gasteiger partial charge in [0.25, 0.3) is 0 Å². The van der Waals surface area contributed by atoms with Gasteiger partial charge in [0.15, 0.2) is 0 Å². The Morgan fingerprint density at radius 2 is 1.05 bits per heavy atom. The van der Waals surface area contributed by atoms with Crippen LogP contribution < -0.4 is 0 Å². The van der Waals surface area contributed by atoms with Gasteiger partial charge in [0, 0.05) is 9.40 Å². The molecule has 0 fully saturated rings. The van der Waals surface area contributed by atoms with Gasteiger partial charge in [-0.2, -0.15) is 0 Å². The van der Waals surface area contributed by atoms with E-state index >= 15 is 0 Å². The Bertz CT molecular complexity index is 833. The van der Waals surface area contributed by atoms with E-state index in [4.69, 9.17) is 0 Å². The lowest BCUT2D eigenvalue weighted by atomic mass is 10.1. The predicted octanol–water partition coefficient (Wildman–Crippen LogP) is 6.29. The van der Waals surface area contributed by atoms with Crippen molar-refractivity contribution in [3.63, 3.8) is 0 Å². The van der Waals surface area contributed by atoms with Crippen LogP contribution in [0.4, 0.5) is 0 Å². The van der Waals surface area contributed by atoms with Crippen molar-refractivity contribution in [1.29, 1.82) is 0 Å². The second kappa shape index (κ2) is 4.89. The fourth-order valence-electron chi connectivity index (χ4n) is 2.43. The first-order chi connectivity index (χ1) is 9.92. The molecule has 0 saturated heterocycles. The summed E-state index contributed by atoms with van der Waals surface area (Å²) in [5.74, 6) is 0. The molecule has 0 saturated carbocycles. The van der Waals surface area contributed by atoms with Gasteiger partial charge in [-0.25, -0.2) is 0 Å². The molecule has 0 amide bonds. The van der Waals surface area contributed by atoms with E-state index in [1.807, 2.05) is 0 Å². The van der Waals surface area contributed by atoms with Crippen LogP contribution in [0.3, 0.4) is 0 Å². The molecular formula is C18H12S2. The summed E-state index contributed by atoms with van der Waals surface area (Å²) >= 11 is 3.61. The lowest BCUT2D eigenvalue weighted by molar-refractivity contribution is 1.82. The van der Waals surface area contributed by atoms with Crippen molar-refractivity contribution in [2.45, 2.75) is 0 Å². The van der Waals surface area contributed by atoms with Gasteiger partial charge in [0.05, 0.1) is 0 Å². The monoisotopic (exact) mass is 292 g/mol. The highest BCUT2D eigenvalue weighted by atomic mass is 32.1. The Balaban J connectivity index is 1.78. The molecule has 0 aliphatic rings. The molecule has 0 atom stereocenters. The van der Waals surface area contributed by atoms with Gasteiger partial charge in [-0.3, -0.25) is 0 Å². The van der Waals surface area contributed by atoms with Crippen molar-refractivity contribution in [3.05, 3.63) is 70.4 Å². The van der Waals surface area contributed by atoms with Gasteiger partial charge < -0.3 is 0 Å². The van der Waals surface area contributed by atoms with Crippen LogP contribution in [-0.4, -0.2) is 0 Å². The third kappa shape index (κ3) is 1.98. The Kier molecular flexibility index (Phi) is 2.91. The van der Waals surface area contributed by atoms with E-state index in [1.54, 1.807) is 22.7 Å². The van der Waals surface area contributed by atoms with Crippen molar-refractivity contribution in [2.24, 2.45) is 0 Å². The van der Waals surface area contributed by atoms with Crippen LogP contribution >= 0.6 is 22.7 Å². The van der Waals surface area contributed by atoms with Crippen molar-refractivity contribution in [3.8, 4) is 0 Å². The van der Waals surface area contributed by atoms with E-state index in [1.165, 1.54) is 31.3 Å². The summed E-state index contributed by atoms with van der Waals surface area (Å²) in [6, 6.07) is 17.1. The van der Waals surface area contributed by atoms with E-state index in [0.717, 1.165) is 0 Å². The molecule has 0 aliphatic carbocycles. The maximum atomic E-state index is 2.23. The number of thiophene rings is 2. The SMILES string of the molecule is C(=Cc1csc2ccccc12)c1csc2ccccc12. The van der Waals surface area contributed by atoms with Crippen molar-refractivity contribution >= 4 is 55.0 Å². The quantitative estimate of drug-likeness (QED) is 0.407. The molecule has 0 unspecified atom stereocenters. The van der Waals surface area contributed by atoms with Gasteiger partial charge in [-0.1, -0.05) is 48.6 Å². The highest BCUT2D eigenvalue weighted by molar-refractivity contribution is 7.17. The van der Waals surface area contributed by atoms with Gasteiger partial charge in [-0.05, 0) is 44.8 Å². The molecule has 2 heteroatoms. The number of hydrogen-bond acceptors (Lipinski definition) is 2. The van der Waals surface area contributed by atoms with Crippen molar-refractivity contribution in [2.75, 3.05) is 0 Å². The summed E-state index contributed by atoms with van der Waals surface area (Å²) < 4.78 is 2.70. The first-order valence-electron chi connectivity index (χ1n) is 6.52. The predicted molar refractivity (Wildman–Crippen MR) is 92.6 cm³/mol. The first-order valence-corrected chi connectivity index (χ1v) is 8.28. The van der Waals surface area contributed by atoms with E-state index in [2.05, 4.69) is 71.4 Å². The number of hydrogen-bond donors (Lipinski definition) is 0. The van der Waals surface area contributed by atoms with Crippen molar-refractivity contribution in [1.82, 2.24) is 0 Å². The highest BCUT2D eigenvalue weighted by Gasteiger charge is 2.02. The molecule has 0 bridgehead atoms. The molecule has 0 N–H and O–H groups in total. The topological polar surface area (TPSA) is 0 Å². The fourth-order valence-corrected chi connectivity index (χ4v) is 4.29. The van der Waals surface area contributed by atoms with Gasteiger partial charge in [0.2, 0.25) is 0 Å². The second-order valence-electron chi connectivity index (χ2n) is 4.71.